The molecule has 0 aliphatic heterocycles. The molecular weight excluding hydrogens is 196 g/mol. The Morgan fingerprint density at radius 1 is 1.36 bits per heavy atom. The molecule has 1 N–H and O–H groups in total. The van der Waals surface area contributed by atoms with Gasteiger partial charge < -0.3 is 5.11 Å². The van der Waals surface area contributed by atoms with Crippen molar-refractivity contribution < 1.29 is 5.11 Å². The summed E-state index contributed by atoms with van der Waals surface area (Å²) in [6, 6.07) is 5.73. The highest BCUT2D eigenvalue weighted by Crippen LogP contribution is 2.34. The van der Waals surface area contributed by atoms with E-state index < -0.39 is 5.60 Å². The largest absolute Gasteiger partial charge is 0.385 e. The number of rotatable bonds is 2. The number of halogens is 1. The molecule has 0 fully saturated rings. The van der Waals surface area contributed by atoms with Crippen molar-refractivity contribution in [2.45, 2.75) is 33.3 Å². The predicted molar refractivity (Wildman–Crippen MR) is 60.6 cm³/mol. The number of aryl methyl sites for hydroxylation is 1. The van der Waals surface area contributed by atoms with E-state index in [0.29, 0.717) is 5.02 Å². The molecular formula is C12H17ClO. The van der Waals surface area contributed by atoms with Gasteiger partial charge in [0.15, 0.2) is 0 Å². The zero-order valence-corrected chi connectivity index (χ0v) is 9.89. The summed E-state index contributed by atoms with van der Waals surface area (Å²) >= 11 is 6.06. The third-order valence-corrected chi connectivity index (χ3v) is 3.12. The van der Waals surface area contributed by atoms with E-state index in [9.17, 15) is 5.11 Å². The summed E-state index contributed by atoms with van der Waals surface area (Å²) in [6.45, 7) is 7.77. The molecule has 1 nitrogen and oxygen atoms in total. The molecule has 0 saturated heterocycles. The summed E-state index contributed by atoms with van der Waals surface area (Å²) in [5, 5.41) is 10.9. The van der Waals surface area contributed by atoms with E-state index in [1.165, 1.54) is 0 Å². The Morgan fingerprint density at radius 2 is 1.93 bits per heavy atom. The van der Waals surface area contributed by atoms with Gasteiger partial charge in [-0.05, 0) is 25.8 Å². The molecule has 1 aromatic carbocycles. The molecule has 0 radical (unpaired) electrons. The molecule has 1 aromatic rings. The third kappa shape index (κ3) is 2.10. The van der Waals surface area contributed by atoms with E-state index in [4.69, 9.17) is 11.6 Å². The lowest BCUT2D eigenvalue weighted by Gasteiger charge is -2.29. The van der Waals surface area contributed by atoms with Crippen molar-refractivity contribution in [2.24, 2.45) is 5.92 Å². The summed E-state index contributed by atoms with van der Waals surface area (Å²) < 4.78 is 0. The first-order valence-corrected chi connectivity index (χ1v) is 5.22. The van der Waals surface area contributed by atoms with Gasteiger partial charge >= 0.3 is 0 Å². The fourth-order valence-corrected chi connectivity index (χ4v) is 1.65. The van der Waals surface area contributed by atoms with Gasteiger partial charge in [-0.25, -0.2) is 0 Å². The standard InChI is InChI=1S/C12H17ClO/c1-8(2)12(4,14)10-7-9(3)5-6-11(10)13/h5-8,14H,1-4H3. The summed E-state index contributed by atoms with van der Waals surface area (Å²) in [4.78, 5) is 0. The Labute approximate surface area is 90.7 Å². The van der Waals surface area contributed by atoms with Crippen LogP contribution in [0.2, 0.25) is 5.02 Å². The Balaban J connectivity index is 3.24. The number of aliphatic hydroxyl groups is 1. The first kappa shape index (κ1) is 11.5. The first-order chi connectivity index (χ1) is 6.35. The molecule has 0 spiro atoms. The average Bonchev–Trinajstić information content (AvgIpc) is 2.08. The van der Waals surface area contributed by atoms with Crippen LogP contribution >= 0.6 is 11.6 Å². The van der Waals surface area contributed by atoms with E-state index in [0.717, 1.165) is 11.1 Å². The normalized spacial score (nSPS) is 15.6. The molecule has 1 rings (SSSR count). The predicted octanol–water partition coefficient (Wildman–Crippen LogP) is 3.51. The molecule has 1 unspecified atom stereocenters. The maximum absolute atomic E-state index is 10.3. The van der Waals surface area contributed by atoms with Gasteiger partial charge in [0.05, 0.1) is 5.60 Å². The molecule has 0 bridgehead atoms. The molecule has 0 amide bonds. The zero-order valence-electron chi connectivity index (χ0n) is 9.13. The molecule has 1 atom stereocenters. The maximum Gasteiger partial charge on any atom is 0.0905 e. The average molecular weight is 213 g/mol. The van der Waals surface area contributed by atoms with Crippen molar-refractivity contribution >= 4 is 11.6 Å². The minimum atomic E-state index is -0.858. The van der Waals surface area contributed by atoms with Crippen LogP contribution in [0.4, 0.5) is 0 Å². The zero-order chi connectivity index (χ0) is 10.9. The van der Waals surface area contributed by atoms with Crippen molar-refractivity contribution in [2.75, 3.05) is 0 Å². The highest BCUT2D eigenvalue weighted by molar-refractivity contribution is 6.31. The summed E-state index contributed by atoms with van der Waals surface area (Å²) in [7, 11) is 0. The highest BCUT2D eigenvalue weighted by Gasteiger charge is 2.29. The second-order valence-corrected chi connectivity index (χ2v) is 4.69. The van der Waals surface area contributed by atoms with Crippen molar-refractivity contribution in [3.8, 4) is 0 Å². The third-order valence-electron chi connectivity index (χ3n) is 2.79. The van der Waals surface area contributed by atoms with Crippen LogP contribution in [0.1, 0.15) is 31.9 Å². The topological polar surface area (TPSA) is 20.2 Å². The molecule has 0 aliphatic rings. The number of benzene rings is 1. The Bertz CT molecular complexity index is 329. The van der Waals surface area contributed by atoms with Gasteiger partial charge in [0.1, 0.15) is 0 Å². The van der Waals surface area contributed by atoms with Gasteiger partial charge in [0, 0.05) is 10.6 Å². The van der Waals surface area contributed by atoms with Crippen molar-refractivity contribution in [3.63, 3.8) is 0 Å². The van der Waals surface area contributed by atoms with Gasteiger partial charge in [-0.1, -0.05) is 43.1 Å². The van der Waals surface area contributed by atoms with Crippen molar-refractivity contribution in [1.82, 2.24) is 0 Å². The highest BCUT2D eigenvalue weighted by atomic mass is 35.5. The monoisotopic (exact) mass is 212 g/mol. The lowest BCUT2D eigenvalue weighted by molar-refractivity contribution is 0.00910. The summed E-state index contributed by atoms with van der Waals surface area (Å²) in [5.74, 6) is 0.141. The Morgan fingerprint density at radius 3 is 2.43 bits per heavy atom. The van der Waals surface area contributed by atoms with E-state index >= 15 is 0 Å². The van der Waals surface area contributed by atoms with Gasteiger partial charge in [-0.2, -0.15) is 0 Å². The SMILES string of the molecule is Cc1ccc(Cl)c(C(C)(O)C(C)C)c1. The van der Waals surface area contributed by atoms with Crippen LogP contribution in [0.5, 0.6) is 0 Å². The van der Waals surface area contributed by atoms with Crippen LogP contribution < -0.4 is 0 Å². The van der Waals surface area contributed by atoms with Gasteiger partial charge in [-0.15, -0.1) is 0 Å². The van der Waals surface area contributed by atoms with Gasteiger partial charge in [-0.3, -0.25) is 0 Å². The maximum atomic E-state index is 10.3. The quantitative estimate of drug-likeness (QED) is 0.796. The Kier molecular flexibility index (Phi) is 3.23. The van der Waals surface area contributed by atoms with Crippen molar-refractivity contribution in [1.29, 1.82) is 0 Å². The van der Waals surface area contributed by atoms with Crippen LogP contribution in [-0.2, 0) is 5.60 Å². The summed E-state index contributed by atoms with van der Waals surface area (Å²) in [6.07, 6.45) is 0. The fraction of sp³-hybridized carbons (Fsp3) is 0.500. The minimum absolute atomic E-state index is 0.141. The Hall–Kier alpha value is -0.530. The smallest absolute Gasteiger partial charge is 0.0905 e. The molecule has 0 heterocycles. The lowest BCUT2D eigenvalue weighted by atomic mass is 9.84. The van der Waals surface area contributed by atoms with E-state index in [-0.39, 0.29) is 5.92 Å². The number of hydrogen-bond donors (Lipinski definition) is 1. The second kappa shape index (κ2) is 3.92. The van der Waals surface area contributed by atoms with Crippen LogP contribution in [0.15, 0.2) is 18.2 Å². The van der Waals surface area contributed by atoms with Crippen LogP contribution in [0.3, 0.4) is 0 Å². The van der Waals surface area contributed by atoms with Crippen molar-refractivity contribution in [3.05, 3.63) is 34.3 Å². The van der Waals surface area contributed by atoms with E-state index in [2.05, 4.69) is 0 Å². The molecule has 0 aromatic heterocycles. The lowest BCUT2D eigenvalue weighted by Crippen LogP contribution is -2.28. The van der Waals surface area contributed by atoms with Gasteiger partial charge in [0.25, 0.3) is 0 Å². The second-order valence-electron chi connectivity index (χ2n) is 4.29. The molecule has 0 aliphatic carbocycles. The minimum Gasteiger partial charge on any atom is -0.385 e. The molecule has 0 saturated carbocycles. The van der Waals surface area contributed by atoms with Crippen LogP contribution in [-0.4, -0.2) is 5.11 Å². The van der Waals surface area contributed by atoms with E-state index in [1.807, 2.05) is 39.0 Å². The van der Waals surface area contributed by atoms with Crippen LogP contribution in [0, 0.1) is 12.8 Å². The molecule has 78 valence electrons. The molecule has 14 heavy (non-hydrogen) atoms. The molecule has 2 heteroatoms. The first-order valence-electron chi connectivity index (χ1n) is 4.84. The fourth-order valence-electron chi connectivity index (χ4n) is 1.34. The number of hydrogen-bond acceptors (Lipinski definition) is 1. The van der Waals surface area contributed by atoms with Crippen LogP contribution in [0.25, 0.3) is 0 Å². The van der Waals surface area contributed by atoms with Gasteiger partial charge in [0.2, 0.25) is 0 Å². The van der Waals surface area contributed by atoms with E-state index in [1.54, 1.807) is 6.92 Å². The summed E-state index contributed by atoms with van der Waals surface area (Å²) in [5.41, 5.74) is 1.07.